The first-order valence-electron chi connectivity index (χ1n) is 7.07. The number of nitrogen functional groups attached to an aromatic ring is 1. The van der Waals surface area contributed by atoms with Crippen LogP contribution in [0.3, 0.4) is 0 Å². The number of rotatable bonds is 4. The average Bonchev–Trinajstić information content (AvgIpc) is 2.50. The Labute approximate surface area is 125 Å². The Morgan fingerprint density at radius 1 is 1.38 bits per heavy atom. The predicted octanol–water partition coefficient (Wildman–Crippen LogP) is 2.14. The summed E-state index contributed by atoms with van der Waals surface area (Å²) < 4.78 is 11.3. The second-order valence-electron chi connectivity index (χ2n) is 5.21. The number of anilines is 1. The summed E-state index contributed by atoms with van der Waals surface area (Å²) in [5.74, 6) is 1.33. The molecule has 0 unspecified atom stereocenters. The average molecular weight is 290 g/mol. The topological polar surface area (TPSA) is 64.8 Å². The normalized spacial score (nSPS) is 15.6. The van der Waals surface area contributed by atoms with Crippen molar-refractivity contribution in [3.63, 3.8) is 0 Å². The quantitative estimate of drug-likeness (QED) is 0.681. The molecule has 0 atom stereocenters. The van der Waals surface area contributed by atoms with Gasteiger partial charge in [0.2, 0.25) is 5.91 Å². The van der Waals surface area contributed by atoms with Gasteiger partial charge in [-0.3, -0.25) is 4.79 Å². The molecular weight excluding hydrogens is 268 g/mol. The Morgan fingerprint density at radius 3 is 2.62 bits per heavy atom. The highest BCUT2D eigenvalue weighted by Gasteiger charge is 2.23. The SMILES string of the molecule is C=CC(=O)N1CCC(Oc2cc(C)c(N)cc2OC)CC1. The first-order chi connectivity index (χ1) is 10.0. The third kappa shape index (κ3) is 3.48. The van der Waals surface area contributed by atoms with Gasteiger partial charge in [0.15, 0.2) is 11.5 Å². The minimum atomic E-state index is -0.0191. The van der Waals surface area contributed by atoms with Gasteiger partial charge < -0.3 is 20.1 Å². The van der Waals surface area contributed by atoms with E-state index in [1.165, 1.54) is 6.08 Å². The van der Waals surface area contributed by atoms with E-state index in [1.807, 2.05) is 13.0 Å². The third-order valence-electron chi connectivity index (χ3n) is 3.77. The summed E-state index contributed by atoms with van der Waals surface area (Å²) in [5.41, 5.74) is 7.52. The lowest BCUT2D eigenvalue weighted by Gasteiger charge is -2.31. The standard InChI is InChI=1S/C16H22N2O3/c1-4-16(19)18-7-5-12(6-8-18)21-15-9-11(2)13(17)10-14(15)20-3/h4,9-10,12H,1,5-8,17H2,2-3H3. The van der Waals surface area contributed by atoms with Crippen molar-refractivity contribution in [1.82, 2.24) is 4.90 Å². The Morgan fingerprint density at radius 2 is 2.05 bits per heavy atom. The molecule has 1 amide bonds. The van der Waals surface area contributed by atoms with Gasteiger partial charge in [0.05, 0.1) is 7.11 Å². The van der Waals surface area contributed by atoms with E-state index in [4.69, 9.17) is 15.2 Å². The number of ether oxygens (including phenoxy) is 2. The van der Waals surface area contributed by atoms with Crippen LogP contribution in [0, 0.1) is 6.92 Å². The van der Waals surface area contributed by atoms with Crippen LogP contribution in [0.2, 0.25) is 0 Å². The summed E-state index contributed by atoms with van der Waals surface area (Å²) in [7, 11) is 1.60. The molecule has 0 radical (unpaired) electrons. The fraction of sp³-hybridized carbons (Fsp3) is 0.438. The molecule has 1 fully saturated rings. The molecule has 2 rings (SSSR count). The van der Waals surface area contributed by atoms with Crippen LogP contribution >= 0.6 is 0 Å². The lowest BCUT2D eigenvalue weighted by Crippen LogP contribution is -2.41. The van der Waals surface area contributed by atoms with Crippen LogP contribution in [0.15, 0.2) is 24.8 Å². The first kappa shape index (κ1) is 15.2. The minimum absolute atomic E-state index is 0.0191. The van der Waals surface area contributed by atoms with Gasteiger partial charge in [0.1, 0.15) is 6.10 Å². The first-order valence-corrected chi connectivity index (χ1v) is 7.07. The van der Waals surface area contributed by atoms with Crippen molar-refractivity contribution >= 4 is 11.6 Å². The monoisotopic (exact) mass is 290 g/mol. The van der Waals surface area contributed by atoms with Crippen molar-refractivity contribution in [1.29, 1.82) is 0 Å². The van der Waals surface area contributed by atoms with Crippen molar-refractivity contribution in [2.24, 2.45) is 0 Å². The number of piperidine rings is 1. The molecule has 1 aromatic carbocycles. The number of hydrogen-bond donors (Lipinski definition) is 1. The lowest BCUT2D eigenvalue weighted by atomic mass is 10.1. The maximum absolute atomic E-state index is 11.5. The van der Waals surface area contributed by atoms with Crippen molar-refractivity contribution in [3.8, 4) is 11.5 Å². The van der Waals surface area contributed by atoms with Gasteiger partial charge in [0, 0.05) is 37.7 Å². The van der Waals surface area contributed by atoms with E-state index in [-0.39, 0.29) is 12.0 Å². The maximum Gasteiger partial charge on any atom is 0.245 e. The number of methoxy groups -OCH3 is 1. The van der Waals surface area contributed by atoms with Gasteiger partial charge in [-0.25, -0.2) is 0 Å². The van der Waals surface area contributed by atoms with Crippen molar-refractivity contribution in [3.05, 3.63) is 30.4 Å². The number of nitrogens with zero attached hydrogens (tertiary/aromatic N) is 1. The highest BCUT2D eigenvalue weighted by Crippen LogP contribution is 2.33. The molecule has 0 saturated carbocycles. The Balaban J connectivity index is 2.02. The molecular formula is C16H22N2O3. The number of hydrogen-bond acceptors (Lipinski definition) is 4. The summed E-state index contributed by atoms with van der Waals surface area (Å²) in [5, 5.41) is 0. The number of amides is 1. The Bertz CT molecular complexity index is 535. The fourth-order valence-electron chi connectivity index (χ4n) is 2.43. The second kappa shape index (κ2) is 6.52. The summed E-state index contributed by atoms with van der Waals surface area (Å²) in [6, 6.07) is 3.68. The summed E-state index contributed by atoms with van der Waals surface area (Å²) in [6.45, 7) is 6.82. The Kier molecular flexibility index (Phi) is 4.73. The number of carbonyl (C=O) groups excluding carboxylic acids is 1. The second-order valence-corrected chi connectivity index (χ2v) is 5.21. The molecule has 21 heavy (non-hydrogen) atoms. The van der Waals surface area contributed by atoms with Crippen molar-refractivity contribution in [2.45, 2.75) is 25.9 Å². The van der Waals surface area contributed by atoms with Gasteiger partial charge in [-0.15, -0.1) is 0 Å². The zero-order chi connectivity index (χ0) is 15.4. The lowest BCUT2D eigenvalue weighted by molar-refractivity contribution is -0.127. The predicted molar refractivity (Wildman–Crippen MR) is 82.6 cm³/mol. The molecule has 0 aliphatic carbocycles. The van der Waals surface area contributed by atoms with Gasteiger partial charge in [-0.05, 0) is 24.6 Å². The molecule has 114 valence electrons. The molecule has 1 aliphatic heterocycles. The van der Waals surface area contributed by atoms with Crippen LogP contribution in [0.5, 0.6) is 11.5 Å². The van der Waals surface area contributed by atoms with E-state index < -0.39 is 0 Å². The number of nitrogens with two attached hydrogens (primary N) is 1. The smallest absolute Gasteiger partial charge is 0.245 e. The number of benzene rings is 1. The van der Waals surface area contributed by atoms with Crippen LogP contribution in [0.25, 0.3) is 0 Å². The molecule has 5 heteroatoms. The van der Waals surface area contributed by atoms with Crippen molar-refractivity contribution < 1.29 is 14.3 Å². The number of carbonyl (C=O) groups is 1. The highest BCUT2D eigenvalue weighted by atomic mass is 16.5. The van der Waals surface area contributed by atoms with E-state index in [2.05, 4.69) is 6.58 Å². The van der Waals surface area contributed by atoms with Crippen LogP contribution in [-0.4, -0.2) is 37.1 Å². The molecule has 0 bridgehead atoms. The van der Waals surface area contributed by atoms with Gasteiger partial charge >= 0.3 is 0 Å². The molecule has 2 N–H and O–H groups in total. The number of likely N-dealkylation sites (tertiary alicyclic amines) is 1. The highest BCUT2D eigenvalue weighted by molar-refractivity contribution is 5.87. The van der Waals surface area contributed by atoms with Gasteiger partial charge in [-0.2, -0.15) is 0 Å². The molecule has 1 saturated heterocycles. The maximum atomic E-state index is 11.5. The van der Waals surface area contributed by atoms with E-state index in [1.54, 1.807) is 18.1 Å². The fourth-order valence-corrected chi connectivity index (χ4v) is 2.43. The van der Waals surface area contributed by atoms with Crippen LogP contribution in [0.1, 0.15) is 18.4 Å². The zero-order valence-electron chi connectivity index (χ0n) is 12.6. The number of aryl methyl sites for hydroxylation is 1. The molecule has 5 nitrogen and oxygen atoms in total. The summed E-state index contributed by atoms with van der Waals surface area (Å²) in [6.07, 6.45) is 3.03. The zero-order valence-corrected chi connectivity index (χ0v) is 12.6. The molecule has 1 aromatic rings. The van der Waals surface area contributed by atoms with Gasteiger partial charge in [-0.1, -0.05) is 6.58 Å². The largest absolute Gasteiger partial charge is 0.493 e. The molecule has 1 heterocycles. The van der Waals surface area contributed by atoms with Crippen LogP contribution < -0.4 is 15.2 Å². The van der Waals surface area contributed by atoms with E-state index in [9.17, 15) is 4.79 Å². The van der Waals surface area contributed by atoms with E-state index in [0.29, 0.717) is 30.3 Å². The molecule has 1 aliphatic rings. The van der Waals surface area contributed by atoms with Gasteiger partial charge in [0.25, 0.3) is 0 Å². The summed E-state index contributed by atoms with van der Waals surface area (Å²) >= 11 is 0. The third-order valence-corrected chi connectivity index (χ3v) is 3.77. The van der Waals surface area contributed by atoms with E-state index >= 15 is 0 Å². The van der Waals surface area contributed by atoms with Crippen LogP contribution in [-0.2, 0) is 4.79 Å². The minimum Gasteiger partial charge on any atom is -0.493 e. The molecule has 0 aromatic heterocycles. The van der Waals surface area contributed by atoms with Crippen molar-refractivity contribution in [2.75, 3.05) is 25.9 Å². The van der Waals surface area contributed by atoms with Crippen LogP contribution in [0.4, 0.5) is 5.69 Å². The molecule has 0 spiro atoms. The van der Waals surface area contributed by atoms with E-state index in [0.717, 1.165) is 18.4 Å². The Hall–Kier alpha value is -2.17. The summed E-state index contributed by atoms with van der Waals surface area (Å²) in [4.78, 5) is 13.3.